The van der Waals surface area contributed by atoms with Gasteiger partial charge in [-0.2, -0.15) is 4.31 Å². The summed E-state index contributed by atoms with van der Waals surface area (Å²) in [6.07, 6.45) is 7.22. The van der Waals surface area contributed by atoms with Crippen molar-refractivity contribution in [2.75, 3.05) is 78.5 Å². The second-order valence-corrected chi connectivity index (χ2v) is 43.2. The van der Waals surface area contributed by atoms with Crippen molar-refractivity contribution in [1.82, 2.24) is 38.8 Å². The van der Waals surface area contributed by atoms with Gasteiger partial charge in [0, 0.05) is 208 Å². The molecule has 6 saturated heterocycles. The predicted molar refractivity (Wildman–Crippen MR) is 494 cm³/mol. The van der Waals surface area contributed by atoms with Crippen LogP contribution in [0.15, 0.2) is 192 Å². The topological polar surface area (TPSA) is 288 Å². The number of likely N-dealkylation sites (tertiary alicyclic amines) is 5. The quantitative estimate of drug-likeness (QED) is 0.0486. The summed E-state index contributed by atoms with van der Waals surface area (Å²) in [5.74, 6) is 4.32. The highest BCUT2D eigenvalue weighted by atomic mass is 35.5. The number of nitrogens with zero attached hydrogens (tertiary/aromatic N) is 6. The van der Waals surface area contributed by atoms with Crippen LogP contribution in [0.1, 0.15) is 117 Å². The van der Waals surface area contributed by atoms with Crippen LogP contribution in [0.5, 0.6) is 23.0 Å². The number of halogens is 7. The van der Waals surface area contributed by atoms with Gasteiger partial charge in [-0.15, -0.1) is 0 Å². The lowest BCUT2D eigenvalue weighted by Gasteiger charge is -2.58. The Morgan fingerprint density at radius 2 is 0.809 bits per heavy atom. The molecule has 4 spiro atoms. The molecule has 10 aliphatic heterocycles. The van der Waals surface area contributed by atoms with Gasteiger partial charge in [0.15, 0.2) is 0 Å². The third-order valence-electron chi connectivity index (χ3n) is 26.0. The summed E-state index contributed by atoms with van der Waals surface area (Å²) in [7, 11) is -7.31. The van der Waals surface area contributed by atoms with Crippen LogP contribution >= 0.6 is 81.2 Å². The first-order valence-corrected chi connectivity index (χ1v) is 48.6. The number of ether oxygens (including phenoxy) is 8. The van der Waals surface area contributed by atoms with Crippen molar-refractivity contribution in [3.8, 4) is 23.0 Å². The standard InChI is InChI=1S/C25H24Cl2N2O4.C25H26Cl2N2O3.C23H22Cl2N2O5S.C23H23ClN2O6S/c1-16-8-18-2-3-19(11-22(18)33-16)23(30)29-14-25(15-29)4-6-28(7-5-25)24(31)32-13-17-9-20(26)12-21(27)10-17;1-17-8-20-3-2-18(11-23(20)32-17)13-28-15-25(16-28)4-6-29(7-5-25)24(30)31-14-19-9-21(26)12-22(27)10-19;1-14-4-16-2-3-20(8-21(16)32-14)33(29,30)27-12-23(13-27)9-19(10-23)26-22(28)31-11-15-5-17(24)7-18(25)6-15;1-14-4-15(6-17(24)5-14)11-31-22(28)26-12-23(13-26)9-18(10-23)25-33(29,30)19-3-2-16-7-21(27)32-20(16)8-19/h2-3,9-12H,1,4-8,13-15H2;2-3,9-12H,1,4-8,13-16H2;2-3,5-8,19H,1,4,9-13H2,(H,26,28);2-6,8,18,25H,7,9-13H2,1H3. The number of carbonyl (C=O) groups excluding carboxylic acids is 6. The van der Waals surface area contributed by atoms with E-state index in [1.54, 1.807) is 94.7 Å². The number of aryl methyl sites for hydroxylation is 1. The maximum absolute atomic E-state index is 13.0. The van der Waals surface area contributed by atoms with Gasteiger partial charge < -0.3 is 62.8 Å². The predicted octanol–water partition coefficient (Wildman–Crippen LogP) is 18.7. The van der Waals surface area contributed by atoms with Crippen LogP contribution in [0.25, 0.3) is 0 Å². The molecule has 2 aliphatic carbocycles. The fraction of sp³-hybridized carbons (Fsp3) is 0.375. The van der Waals surface area contributed by atoms with E-state index < -0.39 is 26.1 Å². The Morgan fingerprint density at radius 1 is 0.412 bits per heavy atom. The first kappa shape index (κ1) is 93.0. The molecule has 12 aliphatic rings. The first-order chi connectivity index (χ1) is 62.4. The van der Waals surface area contributed by atoms with Gasteiger partial charge >= 0.3 is 30.3 Å². The van der Waals surface area contributed by atoms with Gasteiger partial charge in [0.1, 0.15) is 66.7 Å². The van der Waals surface area contributed by atoms with Crippen LogP contribution in [-0.2, 0) is 102 Å². The summed E-state index contributed by atoms with van der Waals surface area (Å²) in [5, 5.41) is 6.49. The van der Waals surface area contributed by atoms with E-state index in [0.29, 0.717) is 171 Å². The molecule has 26 nitrogen and oxygen atoms in total. The number of sulfonamides is 2. The molecule has 2 saturated carbocycles. The van der Waals surface area contributed by atoms with E-state index >= 15 is 0 Å². The molecule has 20 rings (SSSR count). The SMILES string of the molecule is C=C1Cc2ccc(C(=O)N3CC4(CCN(C(=O)OCc5cc(Cl)cc(Cl)c5)CC4)C3)cc2O1.C=C1Cc2ccc(CN3CC4(CCN(C(=O)OCc5cc(Cl)cc(Cl)c5)CC4)C3)cc2O1.C=C1Cc2ccc(S(=O)(=O)N3CC4(CC(NC(=O)OCc5cc(Cl)cc(Cl)c5)C4)C3)cc2O1.Cc1cc(Cl)cc(COC(=O)N2CC3(CC(NS(=O)(=O)c4ccc5c(c4)OC(=O)C5)C3)C2)c1. The molecule has 8 aromatic rings. The molecule has 8 fully saturated rings. The fourth-order valence-electron chi connectivity index (χ4n) is 19.5. The van der Waals surface area contributed by atoms with Crippen molar-refractivity contribution in [2.24, 2.45) is 21.7 Å². The summed E-state index contributed by atoms with van der Waals surface area (Å²) in [4.78, 5) is 83.6. The van der Waals surface area contributed by atoms with E-state index in [4.69, 9.17) is 119 Å². The third-order valence-corrected chi connectivity index (χ3v) is 30.8. The molecule has 0 unspecified atom stereocenters. The number of amides is 5. The normalized spacial score (nSPS) is 19.1. The highest BCUT2D eigenvalue weighted by molar-refractivity contribution is 7.89. The molecule has 5 amide bonds. The highest BCUT2D eigenvalue weighted by Crippen LogP contribution is 2.52. The van der Waals surface area contributed by atoms with Crippen LogP contribution in [0.2, 0.25) is 35.2 Å². The molecule has 0 bridgehead atoms. The van der Waals surface area contributed by atoms with Gasteiger partial charge in [-0.3, -0.25) is 14.5 Å². The van der Waals surface area contributed by atoms with E-state index in [-0.39, 0.29) is 101 Å². The lowest BCUT2D eigenvalue weighted by Crippen LogP contribution is -2.67. The van der Waals surface area contributed by atoms with Crippen LogP contribution in [0.3, 0.4) is 0 Å². The average Bonchev–Trinajstić information content (AvgIpc) is 0.986. The summed E-state index contributed by atoms with van der Waals surface area (Å²) < 4.78 is 99.1. The van der Waals surface area contributed by atoms with Crippen LogP contribution < -0.4 is 29.0 Å². The summed E-state index contributed by atoms with van der Waals surface area (Å²) in [6.45, 7) is 23.2. The molecule has 0 aromatic heterocycles. The van der Waals surface area contributed by atoms with Gasteiger partial charge in [0.25, 0.3) is 5.91 Å². The molecular formula is C96H95Cl7N8O18S2. The molecule has 0 radical (unpaired) electrons. The maximum atomic E-state index is 13.0. The zero-order chi connectivity index (χ0) is 92.2. The van der Waals surface area contributed by atoms with Gasteiger partial charge in [-0.05, 0) is 194 Å². The zero-order valence-electron chi connectivity index (χ0n) is 71.6. The van der Waals surface area contributed by atoms with Crippen molar-refractivity contribution < 1.29 is 83.5 Å². The molecule has 688 valence electrons. The number of rotatable bonds is 17. The Balaban J connectivity index is 0.000000122. The van der Waals surface area contributed by atoms with Gasteiger partial charge in [0.05, 0.1) is 16.2 Å². The van der Waals surface area contributed by atoms with E-state index in [2.05, 4.69) is 52.9 Å². The van der Waals surface area contributed by atoms with Crippen molar-refractivity contribution in [1.29, 1.82) is 0 Å². The maximum Gasteiger partial charge on any atom is 0.410 e. The Bertz CT molecular complexity index is 6080. The van der Waals surface area contributed by atoms with Gasteiger partial charge in [0.2, 0.25) is 20.0 Å². The van der Waals surface area contributed by atoms with Crippen molar-refractivity contribution in [3.05, 3.63) is 279 Å². The first-order valence-electron chi connectivity index (χ1n) is 43.0. The minimum atomic E-state index is -3.73. The lowest BCUT2D eigenvalue weighted by molar-refractivity contribution is -0.131. The van der Waals surface area contributed by atoms with Gasteiger partial charge in [-0.25, -0.2) is 40.7 Å². The fourth-order valence-corrected chi connectivity index (χ4v) is 24.5. The van der Waals surface area contributed by atoms with Crippen molar-refractivity contribution >= 4 is 138 Å². The molecule has 10 heterocycles. The minimum absolute atomic E-state index is 0.0200. The number of fused-ring (bicyclic) bond motifs is 4. The zero-order valence-corrected chi connectivity index (χ0v) is 78.6. The lowest BCUT2D eigenvalue weighted by atomic mass is 9.61. The molecule has 35 heteroatoms. The number of nitrogens with one attached hydrogen (secondary N) is 2. The number of piperidine rings is 2. The van der Waals surface area contributed by atoms with Crippen LogP contribution in [0.4, 0.5) is 19.2 Å². The second kappa shape index (κ2) is 37.9. The number of alkyl carbamates (subject to hydrolysis) is 1. The van der Waals surface area contributed by atoms with E-state index in [1.807, 2.05) is 47.1 Å². The Morgan fingerprint density at radius 3 is 1.32 bits per heavy atom. The number of allylic oxidation sites excluding steroid dienone is 3. The highest BCUT2D eigenvalue weighted by Gasteiger charge is 2.58. The average molecular weight is 1960 g/mol. The van der Waals surface area contributed by atoms with E-state index in [1.165, 1.54) is 27.6 Å². The van der Waals surface area contributed by atoms with Crippen molar-refractivity contribution in [2.45, 2.75) is 139 Å². The largest absolute Gasteiger partial charge is 0.462 e. The number of carbonyl (C=O) groups is 6. The summed E-state index contributed by atoms with van der Waals surface area (Å²) in [6, 6.07) is 42.1. The Kier molecular flexibility index (Phi) is 26.9. The van der Waals surface area contributed by atoms with Crippen LogP contribution in [-0.4, -0.2) is 173 Å². The number of esters is 1. The Labute approximate surface area is 794 Å². The van der Waals surface area contributed by atoms with Gasteiger partial charge in [-0.1, -0.05) is 137 Å². The number of hydrogen-bond acceptors (Lipinski definition) is 19. The van der Waals surface area contributed by atoms with E-state index in [0.717, 1.165) is 115 Å². The van der Waals surface area contributed by atoms with Crippen molar-refractivity contribution in [3.63, 3.8) is 0 Å². The van der Waals surface area contributed by atoms with E-state index in [9.17, 15) is 45.6 Å². The monoisotopic (exact) mass is 1960 g/mol. The number of benzene rings is 8. The van der Waals surface area contributed by atoms with Crippen LogP contribution in [0, 0.1) is 28.6 Å². The summed E-state index contributed by atoms with van der Waals surface area (Å²) >= 11 is 42.0. The minimum Gasteiger partial charge on any atom is -0.462 e. The Hall–Kier alpha value is -9.79. The smallest absolute Gasteiger partial charge is 0.410 e. The molecule has 0 atom stereocenters. The second-order valence-electron chi connectivity index (χ2n) is 36.5. The summed E-state index contributed by atoms with van der Waals surface area (Å²) in [5.41, 5.74) is 10.2. The molecule has 8 aromatic carbocycles. The molecular weight excluding hydrogens is 1870 g/mol. The molecule has 131 heavy (non-hydrogen) atoms. The third kappa shape index (κ3) is 21.9. The number of hydrogen-bond donors (Lipinski definition) is 2. The molecule has 2 N–H and O–H groups in total.